The third-order valence-electron chi connectivity index (χ3n) is 5.03. The Hall–Kier alpha value is -2.77. The molecule has 0 bridgehead atoms. The van der Waals surface area contributed by atoms with E-state index >= 15 is 0 Å². The maximum absolute atomic E-state index is 11.9. The molecule has 0 aliphatic heterocycles. The van der Waals surface area contributed by atoms with E-state index < -0.39 is 0 Å². The second-order valence-corrected chi connectivity index (χ2v) is 8.72. The Bertz CT molecular complexity index is 1170. The van der Waals surface area contributed by atoms with E-state index in [1.165, 1.54) is 15.5 Å². The molecule has 2 aromatic carbocycles. The summed E-state index contributed by atoms with van der Waals surface area (Å²) in [5.41, 5.74) is 2.30. The van der Waals surface area contributed by atoms with Crippen LogP contribution in [0.4, 0.5) is 0 Å². The third kappa shape index (κ3) is 4.52. The summed E-state index contributed by atoms with van der Waals surface area (Å²) in [6, 6.07) is 14.2. The molecule has 0 saturated carbocycles. The Morgan fingerprint density at radius 3 is 2.60 bits per heavy atom. The zero-order valence-corrected chi connectivity index (χ0v) is 18.3. The van der Waals surface area contributed by atoms with Gasteiger partial charge in [-0.05, 0) is 60.0 Å². The first kappa shape index (κ1) is 20.5. The summed E-state index contributed by atoms with van der Waals surface area (Å²) < 4.78 is 13.7. The molecular weight excluding hydrogens is 418 g/mol. The topological polar surface area (TPSA) is 60.7 Å². The molecule has 0 aliphatic rings. The summed E-state index contributed by atoms with van der Waals surface area (Å²) in [4.78, 5) is 11.8. The number of hydrogen-bond donors (Lipinski definition) is 1. The van der Waals surface area contributed by atoms with Gasteiger partial charge in [-0.3, -0.25) is 9.36 Å². The van der Waals surface area contributed by atoms with Crippen LogP contribution < -0.4 is 14.3 Å². The van der Waals surface area contributed by atoms with Crippen LogP contribution in [-0.4, -0.2) is 23.4 Å². The van der Waals surface area contributed by atoms with E-state index in [4.69, 9.17) is 9.47 Å². The van der Waals surface area contributed by atoms with Crippen molar-refractivity contribution in [2.45, 2.75) is 25.8 Å². The number of aromatic hydroxyl groups is 1. The van der Waals surface area contributed by atoms with Crippen LogP contribution in [0.25, 0.3) is 10.1 Å². The zero-order chi connectivity index (χ0) is 20.9. The number of methoxy groups -OCH3 is 1. The second-order valence-electron chi connectivity index (χ2n) is 6.99. The highest BCUT2D eigenvalue weighted by molar-refractivity contribution is 7.17. The van der Waals surface area contributed by atoms with Gasteiger partial charge in [0.15, 0.2) is 0 Å². The third-order valence-corrected chi connectivity index (χ3v) is 6.77. The lowest BCUT2D eigenvalue weighted by atomic mass is 10.1. The average molecular weight is 442 g/mol. The predicted molar refractivity (Wildman–Crippen MR) is 123 cm³/mol. The number of hydrogen-bond acceptors (Lipinski definition) is 6. The quantitative estimate of drug-likeness (QED) is 0.359. The second kappa shape index (κ2) is 9.36. The molecule has 0 fully saturated rings. The van der Waals surface area contributed by atoms with E-state index in [9.17, 15) is 9.90 Å². The lowest BCUT2D eigenvalue weighted by Crippen LogP contribution is -2.13. The van der Waals surface area contributed by atoms with E-state index in [2.05, 4.69) is 12.1 Å². The molecular formula is C23H23NO4S2. The highest BCUT2D eigenvalue weighted by Gasteiger charge is 2.12. The molecule has 0 amide bonds. The van der Waals surface area contributed by atoms with Crippen LogP contribution in [0.1, 0.15) is 24.0 Å². The van der Waals surface area contributed by atoms with Gasteiger partial charge >= 0.3 is 4.87 Å². The Labute approximate surface area is 182 Å². The molecule has 0 saturated heterocycles. The summed E-state index contributed by atoms with van der Waals surface area (Å²) in [6.45, 7) is 1.01. The fraction of sp³-hybridized carbons (Fsp3) is 0.261. The molecule has 4 rings (SSSR count). The minimum Gasteiger partial charge on any atom is -0.497 e. The molecule has 0 radical (unpaired) electrons. The molecule has 0 spiro atoms. The van der Waals surface area contributed by atoms with Crippen molar-refractivity contribution in [3.8, 4) is 17.4 Å². The Balaban J connectivity index is 1.36. The van der Waals surface area contributed by atoms with Crippen molar-refractivity contribution >= 4 is 32.8 Å². The minimum absolute atomic E-state index is 0.00638. The van der Waals surface area contributed by atoms with Gasteiger partial charge in [0.25, 0.3) is 0 Å². The van der Waals surface area contributed by atoms with Gasteiger partial charge in [0, 0.05) is 10.1 Å². The Morgan fingerprint density at radius 2 is 1.87 bits per heavy atom. The standard InChI is InChI=1S/C23H23NO4S2/c1-27-18-8-5-16(6-9-18)4-2-3-12-28-20-10-7-17(22-19(20)11-13-29-22)14-24-21(25)15-30-23(24)26/h5-11,13,15,25H,2-4,12,14H2,1H3. The lowest BCUT2D eigenvalue weighted by Gasteiger charge is -2.11. The summed E-state index contributed by atoms with van der Waals surface area (Å²) in [6.07, 6.45) is 3.04. The largest absolute Gasteiger partial charge is 0.497 e. The number of rotatable bonds is 9. The maximum atomic E-state index is 11.9. The fourth-order valence-corrected chi connectivity index (χ4v) is 4.93. The minimum atomic E-state index is -0.158. The first-order valence-corrected chi connectivity index (χ1v) is 11.5. The molecule has 156 valence electrons. The summed E-state index contributed by atoms with van der Waals surface area (Å²) >= 11 is 2.63. The van der Waals surface area contributed by atoms with Crippen molar-refractivity contribution in [1.29, 1.82) is 0 Å². The number of thiophene rings is 1. The van der Waals surface area contributed by atoms with Gasteiger partial charge in [-0.1, -0.05) is 29.5 Å². The van der Waals surface area contributed by atoms with Crippen LogP contribution >= 0.6 is 22.7 Å². The summed E-state index contributed by atoms with van der Waals surface area (Å²) in [7, 11) is 1.68. The number of benzene rings is 2. The van der Waals surface area contributed by atoms with Crippen LogP contribution in [0.15, 0.2) is 58.0 Å². The predicted octanol–water partition coefficient (Wildman–Crippen LogP) is 5.29. The van der Waals surface area contributed by atoms with Gasteiger partial charge in [0.2, 0.25) is 5.88 Å². The van der Waals surface area contributed by atoms with Crippen LogP contribution in [0, 0.1) is 0 Å². The normalized spacial score (nSPS) is 11.1. The van der Waals surface area contributed by atoms with Gasteiger partial charge in [0.1, 0.15) is 11.5 Å². The number of nitrogens with zero attached hydrogens (tertiary/aromatic N) is 1. The van der Waals surface area contributed by atoms with Crippen LogP contribution in [0.5, 0.6) is 17.4 Å². The highest BCUT2D eigenvalue weighted by Crippen LogP contribution is 2.33. The monoisotopic (exact) mass is 441 g/mol. The highest BCUT2D eigenvalue weighted by atomic mass is 32.1. The number of ether oxygens (including phenoxy) is 2. The van der Waals surface area contributed by atoms with Crippen molar-refractivity contribution in [3.05, 3.63) is 74.0 Å². The van der Waals surface area contributed by atoms with E-state index in [-0.39, 0.29) is 10.8 Å². The Kier molecular flexibility index (Phi) is 6.40. The van der Waals surface area contributed by atoms with Gasteiger partial charge in [-0.15, -0.1) is 11.3 Å². The van der Waals surface area contributed by atoms with E-state index in [1.54, 1.807) is 18.4 Å². The molecule has 5 nitrogen and oxygen atoms in total. The molecule has 0 aliphatic carbocycles. The van der Waals surface area contributed by atoms with Gasteiger partial charge < -0.3 is 14.6 Å². The molecule has 7 heteroatoms. The molecule has 2 heterocycles. The van der Waals surface area contributed by atoms with Crippen molar-refractivity contribution in [2.24, 2.45) is 0 Å². The number of aryl methyl sites for hydroxylation is 1. The van der Waals surface area contributed by atoms with Gasteiger partial charge in [-0.2, -0.15) is 0 Å². The maximum Gasteiger partial charge on any atom is 0.310 e. The number of fused-ring (bicyclic) bond motifs is 1. The van der Waals surface area contributed by atoms with Crippen molar-refractivity contribution < 1.29 is 14.6 Å². The SMILES string of the molecule is COc1ccc(CCCCOc2ccc(Cn3c(O)csc3=O)c3sccc23)cc1. The van der Waals surface area contributed by atoms with Crippen LogP contribution in [0.2, 0.25) is 0 Å². The first-order valence-electron chi connectivity index (χ1n) is 9.78. The fourth-order valence-electron chi connectivity index (χ4n) is 3.39. The van der Waals surface area contributed by atoms with E-state index in [1.807, 2.05) is 35.7 Å². The molecule has 30 heavy (non-hydrogen) atoms. The molecule has 0 atom stereocenters. The lowest BCUT2D eigenvalue weighted by molar-refractivity contribution is 0.310. The Morgan fingerprint density at radius 1 is 1.03 bits per heavy atom. The number of thiazole rings is 1. The van der Waals surface area contributed by atoms with Gasteiger partial charge in [-0.25, -0.2) is 0 Å². The molecule has 4 aromatic rings. The summed E-state index contributed by atoms with van der Waals surface area (Å²) in [5.74, 6) is 1.75. The van der Waals surface area contributed by atoms with Crippen molar-refractivity contribution in [3.63, 3.8) is 0 Å². The van der Waals surface area contributed by atoms with Crippen molar-refractivity contribution in [2.75, 3.05) is 13.7 Å². The molecule has 0 unspecified atom stereocenters. The van der Waals surface area contributed by atoms with Crippen LogP contribution in [-0.2, 0) is 13.0 Å². The zero-order valence-electron chi connectivity index (χ0n) is 16.7. The number of aromatic nitrogens is 1. The van der Waals surface area contributed by atoms with Gasteiger partial charge in [0.05, 0.1) is 25.6 Å². The average Bonchev–Trinajstić information content (AvgIpc) is 3.38. The summed E-state index contributed by atoms with van der Waals surface area (Å²) in [5, 5.41) is 14.4. The molecule has 2 aromatic heterocycles. The first-order chi connectivity index (χ1) is 14.7. The van der Waals surface area contributed by atoms with E-state index in [0.29, 0.717) is 13.2 Å². The number of unbranched alkanes of at least 4 members (excludes halogenated alkanes) is 1. The smallest absolute Gasteiger partial charge is 0.310 e. The van der Waals surface area contributed by atoms with Crippen LogP contribution in [0.3, 0.4) is 0 Å². The molecule has 1 N–H and O–H groups in total. The van der Waals surface area contributed by atoms with Crippen molar-refractivity contribution in [1.82, 2.24) is 4.57 Å². The van der Waals surface area contributed by atoms with E-state index in [0.717, 1.165) is 57.7 Å².